The molecule has 0 aliphatic rings. The summed E-state index contributed by atoms with van der Waals surface area (Å²) in [5.74, 6) is -0.186. The van der Waals surface area contributed by atoms with Gasteiger partial charge in [0.05, 0.1) is 16.8 Å². The van der Waals surface area contributed by atoms with Crippen molar-refractivity contribution in [1.82, 2.24) is 0 Å². The van der Waals surface area contributed by atoms with Crippen LogP contribution in [0.15, 0.2) is 29.2 Å². The zero-order chi connectivity index (χ0) is 11.5. The van der Waals surface area contributed by atoms with Crippen molar-refractivity contribution in [2.75, 3.05) is 11.5 Å². The van der Waals surface area contributed by atoms with Crippen molar-refractivity contribution in [1.29, 1.82) is 0 Å². The molecule has 0 bridgehead atoms. The van der Waals surface area contributed by atoms with Crippen molar-refractivity contribution in [3.05, 3.63) is 24.3 Å². The first kappa shape index (κ1) is 12.0. The fourth-order valence-electron chi connectivity index (χ4n) is 1.14. The van der Waals surface area contributed by atoms with Gasteiger partial charge in [-0.15, -0.1) is 0 Å². The minimum Gasteiger partial charge on any atom is -0.399 e. The smallest absolute Gasteiger partial charge is 0.178 e. The Bertz CT molecular complexity index is 429. The Balaban J connectivity index is 2.87. The molecule has 1 unspecified atom stereocenters. The fraction of sp³-hybridized carbons (Fsp3) is 0.400. The van der Waals surface area contributed by atoms with Gasteiger partial charge in [0, 0.05) is 5.69 Å². The van der Waals surface area contributed by atoms with Gasteiger partial charge in [0.15, 0.2) is 9.84 Å². The average molecular weight is 231 g/mol. The second kappa shape index (κ2) is 4.61. The number of alkyl halides is 1. The molecule has 0 radical (unpaired) electrons. The summed E-state index contributed by atoms with van der Waals surface area (Å²) in [4.78, 5) is 0.156. The fourth-order valence-corrected chi connectivity index (χ4v) is 2.62. The molecular formula is C10H14FNO2S. The van der Waals surface area contributed by atoms with Gasteiger partial charge in [0.2, 0.25) is 0 Å². The van der Waals surface area contributed by atoms with Crippen LogP contribution in [0.2, 0.25) is 0 Å². The summed E-state index contributed by atoms with van der Waals surface area (Å²) in [7, 11) is -3.40. The number of halogens is 1. The van der Waals surface area contributed by atoms with Crippen LogP contribution in [0.1, 0.15) is 13.3 Å². The minimum absolute atomic E-state index is 0.0110. The molecule has 2 N–H and O–H groups in total. The largest absolute Gasteiger partial charge is 0.399 e. The van der Waals surface area contributed by atoms with E-state index in [4.69, 9.17) is 5.73 Å². The van der Waals surface area contributed by atoms with Crippen LogP contribution in [0.3, 0.4) is 0 Å². The van der Waals surface area contributed by atoms with Crippen molar-refractivity contribution in [3.63, 3.8) is 0 Å². The molecule has 1 aromatic carbocycles. The summed E-state index contributed by atoms with van der Waals surface area (Å²) in [6, 6.07) is 6.03. The molecule has 0 aliphatic carbocycles. The van der Waals surface area contributed by atoms with E-state index >= 15 is 0 Å². The number of nitrogen functional groups attached to an aromatic ring is 1. The van der Waals surface area contributed by atoms with E-state index in [9.17, 15) is 12.8 Å². The van der Waals surface area contributed by atoms with E-state index in [1.54, 1.807) is 12.1 Å². The Hall–Kier alpha value is -1.10. The van der Waals surface area contributed by atoms with Crippen molar-refractivity contribution in [2.45, 2.75) is 24.4 Å². The molecule has 3 nitrogen and oxygen atoms in total. The van der Waals surface area contributed by atoms with Crippen molar-refractivity contribution >= 4 is 15.5 Å². The second-order valence-electron chi connectivity index (χ2n) is 3.46. The number of nitrogens with two attached hydrogens (primary N) is 1. The summed E-state index contributed by atoms with van der Waals surface area (Å²) in [5, 5.41) is 0. The second-order valence-corrected chi connectivity index (χ2v) is 5.57. The molecule has 0 spiro atoms. The maximum Gasteiger partial charge on any atom is 0.178 e. The standard InChI is InChI=1S/C10H14FNO2S/c1-8(11)5-6-15(13,14)10-4-2-3-9(12)7-10/h2-4,7-8H,5-6,12H2,1H3. The third-order valence-corrected chi connectivity index (χ3v) is 3.75. The van der Waals surface area contributed by atoms with E-state index in [2.05, 4.69) is 0 Å². The van der Waals surface area contributed by atoms with Crippen LogP contribution in [0.4, 0.5) is 10.1 Å². The van der Waals surface area contributed by atoms with Gasteiger partial charge in [0.1, 0.15) is 0 Å². The van der Waals surface area contributed by atoms with Crippen LogP contribution < -0.4 is 5.73 Å². The highest BCUT2D eigenvalue weighted by Crippen LogP contribution is 2.16. The van der Waals surface area contributed by atoms with Gasteiger partial charge in [-0.3, -0.25) is 0 Å². The SMILES string of the molecule is CC(F)CCS(=O)(=O)c1cccc(N)c1. The molecule has 0 amide bonds. The monoisotopic (exact) mass is 231 g/mol. The van der Waals surface area contributed by atoms with Gasteiger partial charge in [0.25, 0.3) is 0 Å². The van der Waals surface area contributed by atoms with Gasteiger partial charge in [-0.2, -0.15) is 0 Å². The first-order chi connectivity index (χ1) is 6.92. The van der Waals surface area contributed by atoms with Gasteiger partial charge >= 0.3 is 0 Å². The molecule has 0 heterocycles. The summed E-state index contributed by atoms with van der Waals surface area (Å²) >= 11 is 0. The summed E-state index contributed by atoms with van der Waals surface area (Å²) in [5.41, 5.74) is 5.87. The molecule has 0 saturated carbocycles. The highest BCUT2D eigenvalue weighted by Gasteiger charge is 2.15. The van der Waals surface area contributed by atoms with Crippen LogP contribution in [0.25, 0.3) is 0 Å². The van der Waals surface area contributed by atoms with Crippen LogP contribution in [-0.4, -0.2) is 20.3 Å². The highest BCUT2D eigenvalue weighted by molar-refractivity contribution is 7.91. The zero-order valence-electron chi connectivity index (χ0n) is 8.48. The van der Waals surface area contributed by atoms with Crippen molar-refractivity contribution in [2.24, 2.45) is 0 Å². The Morgan fingerprint density at radius 2 is 2.13 bits per heavy atom. The predicted octanol–water partition coefficient (Wildman–Crippen LogP) is 1.79. The molecule has 1 aromatic rings. The predicted molar refractivity (Wildman–Crippen MR) is 58.1 cm³/mol. The molecule has 5 heteroatoms. The maximum atomic E-state index is 12.5. The normalized spacial score (nSPS) is 13.7. The van der Waals surface area contributed by atoms with E-state index in [0.29, 0.717) is 5.69 Å². The molecule has 0 fully saturated rings. The molecule has 0 aromatic heterocycles. The van der Waals surface area contributed by atoms with Gasteiger partial charge in [-0.05, 0) is 31.5 Å². The van der Waals surface area contributed by atoms with Crippen LogP contribution in [0, 0.1) is 0 Å². The first-order valence-electron chi connectivity index (χ1n) is 4.64. The Morgan fingerprint density at radius 1 is 1.47 bits per heavy atom. The number of anilines is 1. The lowest BCUT2D eigenvalue weighted by atomic mass is 10.3. The molecular weight excluding hydrogens is 217 g/mol. The average Bonchev–Trinajstić information content (AvgIpc) is 2.15. The minimum atomic E-state index is -3.40. The quantitative estimate of drug-likeness (QED) is 0.804. The Labute approximate surface area is 89.0 Å². The molecule has 0 aliphatic heterocycles. The number of benzene rings is 1. The molecule has 84 valence electrons. The van der Waals surface area contributed by atoms with Gasteiger partial charge in [-0.25, -0.2) is 12.8 Å². The molecule has 1 atom stereocenters. The van der Waals surface area contributed by atoms with Crippen molar-refractivity contribution in [3.8, 4) is 0 Å². The highest BCUT2D eigenvalue weighted by atomic mass is 32.2. The summed E-state index contributed by atoms with van der Waals surface area (Å²) in [6.45, 7) is 1.34. The van der Waals surface area contributed by atoms with E-state index in [-0.39, 0.29) is 17.1 Å². The van der Waals surface area contributed by atoms with Gasteiger partial charge in [-0.1, -0.05) is 6.07 Å². The van der Waals surface area contributed by atoms with E-state index in [1.807, 2.05) is 0 Å². The lowest BCUT2D eigenvalue weighted by Crippen LogP contribution is -2.10. The lowest BCUT2D eigenvalue weighted by Gasteiger charge is -2.05. The molecule has 0 saturated heterocycles. The van der Waals surface area contributed by atoms with Crippen LogP contribution >= 0.6 is 0 Å². The van der Waals surface area contributed by atoms with E-state index in [1.165, 1.54) is 19.1 Å². The zero-order valence-corrected chi connectivity index (χ0v) is 9.30. The maximum absolute atomic E-state index is 12.5. The summed E-state index contributed by atoms with van der Waals surface area (Å²) in [6.07, 6.45) is -1.10. The number of hydrogen-bond donors (Lipinski definition) is 1. The number of hydrogen-bond acceptors (Lipinski definition) is 3. The van der Waals surface area contributed by atoms with E-state index < -0.39 is 16.0 Å². The molecule has 15 heavy (non-hydrogen) atoms. The van der Waals surface area contributed by atoms with Crippen molar-refractivity contribution < 1.29 is 12.8 Å². The lowest BCUT2D eigenvalue weighted by molar-refractivity contribution is 0.352. The van der Waals surface area contributed by atoms with E-state index in [0.717, 1.165) is 0 Å². The van der Waals surface area contributed by atoms with Crippen LogP contribution in [0.5, 0.6) is 0 Å². The third kappa shape index (κ3) is 3.51. The van der Waals surface area contributed by atoms with Gasteiger partial charge < -0.3 is 5.73 Å². The summed E-state index contributed by atoms with van der Waals surface area (Å²) < 4.78 is 35.9. The third-order valence-electron chi connectivity index (χ3n) is 2.00. The Kier molecular flexibility index (Phi) is 3.68. The number of rotatable bonds is 4. The van der Waals surface area contributed by atoms with Crippen LogP contribution in [-0.2, 0) is 9.84 Å². The molecule has 1 rings (SSSR count). The first-order valence-corrected chi connectivity index (χ1v) is 6.29. The number of sulfone groups is 1. The topological polar surface area (TPSA) is 60.2 Å². The Morgan fingerprint density at radius 3 is 2.67 bits per heavy atom.